The number of carbonyl (C=O) groups is 1. The smallest absolute Gasteiger partial charge is 0.263 e. The maximum atomic E-state index is 11.0. The summed E-state index contributed by atoms with van der Waals surface area (Å²) in [4.78, 5) is 14.9. The van der Waals surface area contributed by atoms with Gasteiger partial charge in [-0.2, -0.15) is 4.98 Å². The first-order valence-electron chi connectivity index (χ1n) is 3.88. The lowest BCUT2D eigenvalue weighted by atomic mass is 10.3. The minimum absolute atomic E-state index is 0.0165. The van der Waals surface area contributed by atoms with E-state index >= 15 is 0 Å². The molecule has 0 aromatic carbocycles. The monoisotopic (exact) mass is 214 g/mol. The molecular weight excluding hydrogens is 208 g/mol. The third-order valence-corrected chi connectivity index (χ3v) is 1.99. The first kappa shape index (κ1) is 9.08. The van der Waals surface area contributed by atoms with Crippen molar-refractivity contribution in [2.24, 2.45) is 0 Å². The molecule has 74 valence electrons. The van der Waals surface area contributed by atoms with Crippen LogP contribution in [0.1, 0.15) is 0 Å². The molecule has 1 aromatic heterocycles. The highest BCUT2D eigenvalue weighted by molar-refractivity contribution is 6.32. The summed E-state index contributed by atoms with van der Waals surface area (Å²) in [6, 6.07) is 1.56. The van der Waals surface area contributed by atoms with Crippen molar-refractivity contribution in [1.29, 1.82) is 0 Å². The minimum atomic E-state index is -0.241. The van der Waals surface area contributed by atoms with Gasteiger partial charge in [0.2, 0.25) is 5.88 Å². The quantitative estimate of drug-likeness (QED) is 0.760. The van der Waals surface area contributed by atoms with Crippen LogP contribution in [0, 0.1) is 0 Å². The number of pyridine rings is 1. The molecule has 5 nitrogen and oxygen atoms in total. The molecule has 2 rings (SSSR count). The number of methoxy groups -OCH3 is 1. The van der Waals surface area contributed by atoms with E-state index in [9.17, 15) is 4.79 Å². The van der Waals surface area contributed by atoms with Crippen LogP contribution in [-0.2, 0) is 4.79 Å². The molecule has 1 N–H and O–H groups in total. The predicted octanol–water partition coefficient (Wildman–Crippen LogP) is 1.07. The van der Waals surface area contributed by atoms with Gasteiger partial charge in [-0.25, -0.2) is 0 Å². The van der Waals surface area contributed by atoms with Crippen molar-refractivity contribution in [3.05, 3.63) is 11.1 Å². The largest absolute Gasteiger partial charge is 0.480 e. The van der Waals surface area contributed by atoms with Crippen molar-refractivity contribution in [2.75, 3.05) is 19.0 Å². The number of carbonyl (C=O) groups excluding carboxylic acids is 1. The van der Waals surface area contributed by atoms with Gasteiger partial charge in [0.1, 0.15) is 5.02 Å². The maximum Gasteiger partial charge on any atom is 0.263 e. The molecule has 0 spiro atoms. The molecule has 6 heteroatoms. The Hall–Kier alpha value is -1.49. The number of ether oxygens (including phenoxy) is 2. The average Bonchev–Trinajstić information content (AvgIpc) is 2.17. The number of nitrogens with one attached hydrogen (secondary N) is 1. The Balaban J connectivity index is 2.46. The van der Waals surface area contributed by atoms with Crippen molar-refractivity contribution in [1.82, 2.24) is 4.98 Å². The minimum Gasteiger partial charge on any atom is -0.480 e. The lowest BCUT2D eigenvalue weighted by molar-refractivity contribution is -0.118. The first-order valence-corrected chi connectivity index (χ1v) is 4.25. The molecule has 2 heterocycles. The van der Waals surface area contributed by atoms with Crippen LogP contribution in [0.5, 0.6) is 11.6 Å². The molecule has 0 unspecified atom stereocenters. The highest BCUT2D eigenvalue weighted by Gasteiger charge is 2.19. The van der Waals surface area contributed by atoms with Crippen molar-refractivity contribution in [3.63, 3.8) is 0 Å². The Morgan fingerprint density at radius 1 is 1.71 bits per heavy atom. The Morgan fingerprint density at radius 3 is 3.21 bits per heavy atom. The number of hydrogen-bond donors (Lipinski definition) is 1. The van der Waals surface area contributed by atoms with Gasteiger partial charge in [0.25, 0.3) is 5.91 Å². The highest BCUT2D eigenvalue weighted by Crippen LogP contribution is 2.33. The van der Waals surface area contributed by atoms with E-state index in [2.05, 4.69) is 10.3 Å². The average molecular weight is 215 g/mol. The van der Waals surface area contributed by atoms with Gasteiger partial charge in [-0.05, 0) is 0 Å². The van der Waals surface area contributed by atoms with E-state index in [-0.39, 0.29) is 18.4 Å². The van der Waals surface area contributed by atoms with Crippen molar-refractivity contribution in [2.45, 2.75) is 0 Å². The van der Waals surface area contributed by atoms with E-state index in [0.717, 1.165) is 0 Å². The number of aromatic nitrogens is 1. The normalized spacial score (nSPS) is 14.0. The van der Waals surface area contributed by atoms with E-state index in [1.807, 2.05) is 0 Å². The van der Waals surface area contributed by atoms with Crippen molar-refractivity contribution in [3.8, 4) is 11.6 Å². The molecule has 0 aliphatic carbocycles. The Labute approximate surface area is 85.0 Å². The van der Waals surface area contributed by atoms with Crippen LogP contribution in [0.25, 0.3) is 0 Å². The summed E-state index contributed by atoms with van der Waals surface area (Å²) in [5.41, 5.74) is 0. The van der Waals surface area contributed by atoms with Crippen LogP contribution in [-0.4, -0.2) is 24.6 Å². The zero-order valence-electron chi connectivity index (χ0n) is 7.33. The van der Waals surface area contributed by atoms with E-state index in [1.165, 1.54) is 7.11 Å². The van der Waals surface area contributed by atoms with E-state index in [1.54, 1.807) is 6.07 Å². The van der Waals surface area contributed by atoms with Gasteiger partial charge in [-0.15, -0.1) is 0 Å². The number of hydrogen-bond acceptors (Lipinski definition) is 4. The summed E-state index contributed by atoms with van der Waals surface area (Å²) in [7, 11) is 1.45. The molecule has 0 atom stereocenters. The summed E-state index contributed by atoms with van der Waals surface area (Å²) in [5.74, 6) is 0.809. The highest BCUT2D eigenvalue weighted by atomic mass is 35.5. The zero-order chi connectivity index (χ0) is 10.1. The Kier molecular flexibility index (Phi) is 2.17. The third-order valence-electron chi connectivity index (χ3n) is 1.72. The standard InChI is InChI=1S/C8H7ClN2O3/c1-13-8-4(9)2-5-7(11-8)10-6(12)3-14-5/h2H,3H2,1H3,(H,10,11,12). The van der Waals surface area contributed by atoms with Crippen LogP contribution in [0.2, 0.25) is 5.02 Å². The van der Waals surface area contributed by atoms with Crippen molar-refractivity contribution >= 4 is 23.3 Å². The van der Waals surface area contributed by atoms with Crippen molar-refractivity contribution < 1.29 is 14.3 Å². The fraction of sp³-hybridized carbons (Fsp3) is 0.250. The van der Waals surface area contributed by atoms with Gasteiger partial charge in [0.15, 0.2) is 18.2 Å². The molecule has 0 saturated heterocycles. The number of fused-ring (bicyclic) bond motifs is 1. The summed E-state index contributed by atoms with van der Waals surface area (Å²) >= 11 is 5.82. The van der Waals surface area contributed by atoms with E-state index in [4.69, 9.17) is 21.1 Å². The van der Waals surface area contributed by atoms with Crippen LogP contribution < -0.4 is 14.8 Å². The summed E-state index contributed by atoms with van der Waals surface area (Å²) < 4.78 is 10.00. The molecule has 1 aromatic rings. The molecule has 0 fully saturated rings. The fourth-order valence-electron chi connectivity index (χ4n) is 1.11. The maximum absolute atomic E-state index is 11.0. The van der Waals surface area contributed by atoms with Gasteiger partial charge in [0, 0.05) is 6.07 Å². The predicted molar refractivity (Wildman–Crippen MR) is 49.9 cm³/mol. The number of rotatable bonds is 1. The molecular formula is C8H7ClN2O3. The topological polar surface area (TPSA) is 60.5 Å². The third kappa shape index (κ3) is 1.46. The zero-order valence-corrected chi connectivity index (χ0v) is 8.09. The first-order chi connectivity index (χ1) is 6.70. The SMILES string of the molecule is COc1nc2c(cc1Cl)OCC(=O)N2. The van der Waals surface area contributed by atoms with Crippen LogP contribution in [0.4, 0.5) is 5.82 Å². The molecule has 0 radical (unpaired) electrons. The molecule has 0 saturated carbocycles. The van der Waals surface area contributed by atoms with E-state index < -0.39 is 0 Å². The van der Waals surface area contributed by atoms with Crippen LogP contribution in [0.15, 0.2) is 6.07 Å². The van der Waals surface area contributed by atoms with Gasteiger partial charge in [-0.3, -0.25) is 4.79 Å². The molecule has 14 heavy (non-hydrogen) atoms. The molecule has 1 aliphatic heterocycles. The summed E-state index contributed by atoms with van der Waals surface area (Å²) in [6.07, 6.45) is 0. The number of anilines is 1. The lowest BCUT2D eigenvalue weighted by Crippen LogP contribution is -2.26. The van der Waals surface area contributed by atoms with Crippen LogP contribution >= 0.6 is 11.6 Å². The Morgan fingerprint density at radius 2 is 2.50 bits per heavy atom. The fourth-order valence-corrected chi connectivity index (χ4v) is 1.33. The molecule has 1 aliphatic rings. The van der Waals surface area contributed by atoms with Gasteiger partial charge >= 0.3 is 0 Å². The second-order valence-electron chi connectivity index (χ2n) is 2.66. The Bertz CT molecular complexity index is 394. The van der Waals surface area contributed by atoms with Crippen LogP contribution in [0.3, 0.4) is 0 Å². The summed E-state index contributed by atoms with van der Waals surface area (Å²) in [6.45, 7) is -0.0165. The molecule has 0 bridgehead atoms. The second kappa shape index (κ2) is 3.34. The number of halogens is 1. The number of amides is 1. The van der Waals surface area contributed by atoms with Gasteiger partial charge in [0.05, 0.1) is 7.11 Å². The van der Waals surface area contributed by atoms with Gasteiger partial charge < -0.3 is 14.8 Å². The number of nitrogens with zero attached hydrogens (tertiary/aromatic N) is 1. The summed E-state index contributed by atoms with van der Waals surface area (Å²) in [5, 5.41) is 2.90. The molecule has 1 amide bonds. The van der Waals surface area contributed by atoms with Gasteiger partial charge in [-0.1, -0.05) is 11.6 Å². The second-order valence-corrected chi connectivity index (χ2v) is 3.07. The van der Waals surface area contributed by atoms with E-state index in [0.29, 0.717) is 16.6 Å². The lowest BCUT2D eigenvalue weighted by Gasteiger charge is -2.17.